The van der Waals surface area contributed by atoms with Gasteiger partial charge in [0.2, 0.25) is 5.91 Å². The normalized spacial score (nSPS) is 15.9. The number of aryl methyl sites for hydroxylation is 1. The molecule has 1 aromatic rings. The molecule has 0 saturated carbocycles. The maximum absolute atomic E-state index is 12.4. The molecule has 1 aliphatic rings. The highest BCUT2D eigenvalue weighted by Crippen LogP contribution is 2.10. The van der Waals surface area contributed by atoms with Gasteiger partial charge in [-0.3, -0.25) is 14.5 Å². The maximum Gasteiger partial charge on any atom is 0.250 e. The van der Waals surface area contributed by atoms with E-state index < -0.39 is 0 Å². The highest BCUT2D eigenvalue weighted by Gasteiger charge is 2.17. The standard InChI is InChI=1S/C17H27N3O2/c1-3-19-13-15(8-9-16(19)21)12-18(2)14-17(22)20-10-6-4-5-7-11-20/h8-9,13H,3-7,10-12,14H2,1-2H3. The van der Waals surface area contributed by atoms with Crippen molar-refractivity contribution in [1.29, 1.82) is 0 Å². The molecule has 1 amide bonds. The van der Waals surface area contributed by atoms with Crippen LogP contribution < -0.4 is 5.56 Å². The minimum absolute atomic E-state index is 0.0227. The molecular weight excluding hydrogens is 278 g/mol. The third kappa shape index (κ3) is 4.70. The lowest BCUT2D eigenvalue weighted by molar-refractivity contribution is -0.132. The summed E-state index contributed by atoms with van der Waals surface area (Å²) in [5.74, 6) is 0.216. The van der Waals surface area contributed by atoms with Gasteiger partial charge < -0.3 is 9.47 Å². The van der Waals surface area contributed by atoms with Crippen molar-refractivity contribution >= 4 is 5.91 Å². The Morgan fingerprint density at radius 2 is 1.86 bits per heavy atom. The molecule has 122 valence electrons. The molecule has 0 atom stereocenters. The number of amides is 1. The van der Waals surface area contributed by atoms with E-state index >= 15 is 0 Å². The quantitative estimate of drug-likeness (QED) is 0.832. The average molecular weight is 305 g/mol. The number of pyridine rings is 1. The minimum atomic E-state index is 0.0227. The largest absolute Gasteiger partial charge is 0.342 e. The van der Waals surface area contributed by atoms with Gasteiger partial charge in [-0.1, -0.05) is 18.9 Å². The molecule has 22 heavy (non-hydrogen) atoms. The number of aromatic nitrogens is 1. The number of hydrogen-bond donors (Lipinski definition) is 0. The Labute approximate surface area is 132 Å². The van der Waals surface area contributed by atoms with Crippen LogP contribution in [0.3, 0.4) is 0 Å². The van der Waals surface area contributed by atoms with Crippen LogP contribution in [0.5, 0.6) is 0 Å². The van der Waals surface area contributed by atoms with Crippen LogP contribution in [0.2, 0.25) is 0 Å². The van der Waals surface area contributed by atoms with Gasteiger partial charge in [0.15, 0.2) is 0 Å². The molecule has 2 rings (SSSR count). The lowest BCUT2D eigenvalue weighted by Gasteiger charge is -2.24. The van der Waals surface area contributed by atoms with E-state index in [0.717, 1.165) is 31.5 Å². The van der Waals surface area contributed by atoms with E-state index in [0.29, 0.717) is 19.6 Å². The molecule has 0 aromatic carbocycles. The maximum atomic E-state index is 12.4. The first kappa shape index (κ1) is 16.7. The van der Waals surface area contributed by atoms with Crippen LogP contribution >= 0.6 is 0 Å². The molecule has 1 aliphatic heterocycles. The Bertz CT molecular complexity index is 545. The summed E-state index contributed by atoms with van der Waals surface area (Å²) in [5.41, 5.74) is 1.09. The number of carbonyl (C=O) groups excluding carboxylic acids is 1. The first-order valence-corrected chi connectivity index (χ1v) is 8.26. The monoisotopic (exact) mass is 305 g/mol. The summed E-state index contributed by atoms with van der Waals surface area (Å²) in [6, 6.07) is 3.45. The first-order chi connectivity index (χ1) is 10.6. The van der Waals surface area contributed by atoms with Crippen molar-refractivity contribution in [3.05, 3.63) is 34.2 Å². The van der Waals surface area contributed by atoms with E-state index in [9.17, 15) is 9.59 Å². The average Bonchev–Trinajstić information content (AvgIpc) is 2.78. The highest BCUT2D eigenvalue weighted by atomic mass is 16.2. The molecule has 1 fully saturated rings. The third-order valence-corrected chi connectivity index (χ3v) is 4.20. The van der Waals surface area contributed by atoms with E-state index in [1.165, 1.54) is 12.8 Å². The van der Waals surface area contributed by atoms with Gasteiger partial charge >= 0.3 is 0 Å². The van der Waals surface area contributed by atoms with Crippen LogP contribution in [0, 0.1) is 0 Å². The van der Waals surface area contributed by atoms with Crippen molar-refractivity contribution in [3.8, 4) is 0 Å². The molecule has 0 N–H and O–H groups in total. The second-order valence-electron chi connectivity index (χ2n) is 6.13. The number of likely N-dealkylation sites (N-methyl/N-ethyl adjacent to an activating group) is 1. The molecule has 0 bridgehead atoms. The summed E-state index contributed by atoms with van der Waals surface area (Å²) in [7, 11) is 1.96. The van der Waals surface area contributed by atoms with Gasteiger partial charge in [0.1, 0.15) is 0 Å². The molecular formula is C17H27N3O2. The van der Waals surface area contributed by atoms with Crippen molar-refractivity contribution in [1.82, 2.24) is 14.4 Å². The number of hydrogen-bond acceptors (Lipinski definition) is 3. The molecule has 5 heteroatoms. The molecule has 1 saturated heterocycles. The predicted molar refractivity (Wildman–Crippen MR) is 87.8 cm³/mol. The molecule has 0 spiro atoms. The Morgan fingerprint density at radius 3 is 2.50 bits per heavy atom. The van der Waals surface area contributed by atoms with E-state index in [1.807, 2.05) is 36.0 Å². The van der Waals surface area contributed by atoms with Crippen LogP contribution in [0.15, 0.2) is 23.1 Å². The number of rotatable bonds is 5. The summed E-state index contributed by atoms with van der Waals surface area (Å²) in [5, 5.41) is 0. The molecule has 1 aromatic heterocycles. The van der Waals surface area contributed by atoms with Crippen LogP contribution in [0.25, 0.3) is 0 Å². The van der Waals surface area contributed by atoms with Gasteiger partial charge in [-0.15, -0.1) is 0 Å². The summed E-state index contributed by atoms with van der Waals surface area (Å²) >= 11 is 0. The lowest BCUT2D eigenvalue weighted by Crippen LogP contribution is -2.39. The molecule has 2 heterocycles. The summed E-state index contributed by atoms with van der Waals surface area (Å²) in [6.07, 6.45) is 6.60. The van der Waals surface area contributed by atoms with Crippen LogP contribution in [0.1, 0.15) is 38.2 Å². The Hall–Kier alpha value is -1.62. The van der Waals surface area contributed by atoms with Crippen molar-refractivity contribution < 1.29 is 4.79 Å². The Balaban J connectivity index is 1.90. The fourth-order valence-corrected chi connectivity index (χ4v) is 2.94. The second-order valence-corrected chi connectivity index (χ2v) is 6.13. The molecule has 0 radical (unpaired) electrons. The second kappa shape index (κ2) is 8.13. The van der Waals surface area contributed by atoms with Gasteiger partial charge in [0.05, 0.1) is 6.54 Å². The number of likely N-dealkylation sites (tertiary alicyclic amines) is 1. The van der Waals surface area contributed by atoms with E-state index in [2.05, 4.69) is 0 Å². The van der Waals surface area contributed by atoms with Crippen molar-refractivity contribution in [3.63, 3.8) is 0 Å². The zero-order valence-corrected chi connectivity index (χ0v) is 13.8. The van der Waals surface area contributed by atoms with Crippen LogP contribution in [-0.4, -0.2) is 47.0 Å². The van der Waals surface area contributed by atoms with Gasteiger partial charge in [-0.2, -0.15) is 0 Å². The van der Waals surface area contributed by atoms with Crippen molar-refractivity contribution in [2.45, 2.75) is 45.7 Å². The summed E-state index contributed by atoms with van der Waals surface area (Å²) in [6.45, 7) is 5.53. The smallest absolute Gasteiger partial charge is 0.250 e. The van der Waals surface area contributed by atoms with E-state index in [4.69, 9.17) is 0 Å². The lowest BCUT2D eigenvalue weighted by atomic mass is 10.2. The van der Waals surface area contributed by atoms with Gasteiger partial charge in [0.25, 0.3) is 5.56 Å². The number of nitrogens with zero attached hydrogens (tertiary/aromatic N) is 3. The van der Waals surface area contributed by atoms with Crippen LogP contribution in [-0.2, 0) is 17.9 Å². The highest BCUT2D eigenvalue weighted by molar-refractivity contribution is 5.78. The topological polar surface area (TPSA) is 45.6 Å². The van der Waals surface area contributed by atoms with Gasteiger partial charge in [0, 0.05) is 38.4 Å². The molecule has 5 nitrogen and oxygen atoms in total. The number of carbonyl (C=O) groups is 1. The summed E-state index contributed by atoms with van der Waals surface area (Å²) < 4.78 is 1.69. The predicted octanol–water partition coefficient (Wildman–Crippen LogP) is 1.70. The first-order valence-electron chi connectivity index (χ1n) is 8.26. The fourth-order valence-electron chi connectivity index (χ4n) is 2.94. The Morgan fingerprint density at radius 1 is 1.18 bits per heavy atom. The van der Waals surface area contributed by atoms with Gasteiger partial charge in [-0.05, 0) is 32.4 Å². The zero-order chi connectivity index (χ0) is 15.9. The van der Waals surface area contributed by atoms with Crippen LogP contribution in [0.4, 0.5) is 0 Å². The van der Waals surface area contributed by atoms with Crippen molar-refractivity contribution in [2.75, 3.05) is 26.7 Å². The zero-order valence-electron chi connectivity index (χ0n) is 13.8. The third-order valence-electron chi connectivity index (χ3n) is 4.20. The fraction of sp³-hybridized carbons (Fsp3) is 0.647. The van der Waals surface area contributed by atoms with Crippen molar-refractivity contribution in [2.24, 2.45) is 0 Å². The SMILES string of the molecule is CCn1cc(CN(C)CC(=O)N2CCCCCC2)ccc1=O. The van der Waals surface area contributed by atoms with Gasteiger partial charge in [-0.25, -0.2) is 0 Å². The Kier molecular flexibility index (Phi) is 6.19. The van der Waals surface area contributed by atoms with E-state index in [-0.39, 0.29) is 11.5 Å². The molecule has 0 unspecified atom stereocenters. The molecule has 0 aliphatic carbocycles. The summed E-state index contributed by atoms with van der Waals surface area (Å²) in [4.78, 5) is 28.0. The van der Waals surface area contributed by atoms with E-state index in [1.54, 1.807) is 10.6 Å². The minimum Gasteiger partial charge on any atom is -0.342 e.